The first-order valence-corrected chi connectivity index (χ1v) is 6.61. The van der Waals surface area contributed by atoms with Gasteiger partial charge < -0.3 is 5.32 Å². The summed E-state index contributed by atoms with van der Waals surface area (Å²) < 4.78 is 39.1. The zero-order valence-electron chi connectivity index (χ0n) is 9.78. The summed E-state index contributed by atoms with van der Waals surface area (Å²) in [6.07, 6.45) is -4.51. The average molecular weight is 354 g/mol. The molecule has 0 aliphatic rings. The monoisotopic (exact) mass is 352 g/mol. The molecule has 1 heterocycles. The highest BCUT2D eigenvalue weighted by Gasteiger charge is 2.33. The molecule has 19 heavy (non-hydrogen) atoms. The molecule has 102 valence electrons. The third kappa shape index (κ3) is 2.79. The molecule has 0 aliphatic carbocycles. The summed E-state index contributed by atoms with van der Waals surface area (Å²) in [5, 5.41) is 3.63. The molecular weight excluding hydrogens is 344 g/mol. The van der Waals surface area contributed by atoms with Gasteiger partial charge in [0.05, 0.1) is 10.5 Å². The summed E-state index contributed by atoms with van der Waals surface area (Å²) in [5.41, 5.74) is -0.480. The minimum absolute atomic E-state index is 0.127. The Hall–Kier alpha value is -1.01. The molecule has 7 heteroatoms. The van der Waals surface area contributed by atoms with Gasteiger partial charge in [0.25, 0.3) is 0 Å². The van der Waals surface area contributed by atoms with Crippen molar-refractivity contribution in [3.8, 4) is 0 Å². The molecule has 2 aromatic rings. The lowest BCUT2D eigenvalue weighted by Crippen LogP contribution is -2.10. The van der Waals surface area contributed by atoms with Crippen LogP contribution in [-0.4, -0.2) is 11.5 Å². The number of pyridine rings is 1. The summed E-state index contributed by atoms with van der Waals surface area (Å²) in [6.45, 7) is 2.30. The molecular formula is C12H9BrClF3N2. The molecule has 0 aliphatic heterocycles. The van der Waals surface area contributed by atoms with E-state index in [2.05, 4.69) is 26.2 Å². The number of halogens is 5. The van der Waals surface area contributed by atoms with Crippen LogP contribution >= 0.6 is 27.5 Å². The summed E-state index contributed by atoms with van der Waals surface area (Å²) in [6, 6.07) is 4.18. The lowest BCUT2D eigenvalue weighted by atomic mass is 10.1. The summed E-state index contributed by atoms with van der Waals surface area (Å²) >= 11 is 9.25. The molecule has 0 saturated heterocycles. The first kappa shape index (κ1) is 14.4. The van der Waals surface area contributed by atoms with Crippen LogP contribution in [0.25, 0.3) is 10.9 Å². The van der Waals surface area contributed by atoms with Gasteiger partial charge in [0.1, 0.15) is 5.69 Å². The number of anilines is 1. The Labute approximate surface area is 121 Å². The van der Waals surface area contributed by atoms with Gasteiger partial charge in [-0.25, -0.2) is 4.98 Å². The van der Waals surface area contributed by atoms with E-state index in [1.54, 1.807) is 13.0 Å². The number of aromatic nitrogens is 1. The topological polar surface area (TPSA) is 24.9 Å². The normalized spacial score (nSPS) is 11.9. The van der Waals surface area contributed by atoms with Crippen molar-refractivity contribution in [1.29, 1.82) is 0 Å². The van der Waals surface area contributed by atoms with E-state index in [9.17, 15) is 13.2 Å². The number of nitrogens with zero attached hydrogens (tertiary/aromatic N) is 1. The van der Waals surface area contributed by atoms with Crippen LogP contribution in [0, 0.1) is 0 Å². The lowest BCUT2D eigenvalue weighted by molar-refractivity contribution is -0.140. The number of fused-ring (bicyclic) bond motifs is 1. The second-order valence-corrected chi connectivity index (χ2v) is 5.10. The van der Waals surface area contributed by atoms with Gasteiger partial charge in [-0.05, 0) is 25.1 Å². The molecule has 1 aromatic heterocycles. The number of alkyl halides is 3. The van der Waals surface area contributed by atoms with E-state index in [0.717, 1.165) is 6.07 Å². The van der Waals surface area contributed by atoms with Crippen molar-refractivity contribution in [2.45, 2.75) is 13.1 Å². The Bertz CT molecular complexity index is 628. The molecule has 0 saturated carbocycles. The molecule has 1 N–H and O–H groups in total. The summed E-state index contributed by atoms with van der Waals surface area (Å²) in [4.78, 5) is 3.62. The van der Waals surface area contributed by atoms with E-state index in [-0.39, 0.29) is 10.5 Å². The van der Waals surface area contributed by atoms with Crippen molar-refractivity contribution in [2.75, 3.05) is 11.9 Å². The largest absolute Gasteiger partial charge is 0.433 e. The second-order valence-electron chi connectivity index (χ2n) is 3.84. The van der Waals surface area contributed by atoms with Crippen molar-refractivity contribution in [3.63, 3.8) is 0 Å². The van der Waals surface area contributed by atoms with Crippen molar-refractivity contribution in [3.05, 3.63) is 33.4 Å². The number of nitrogens with one attached hydrogen (secondary N) is 1. The molecule has 0 unspecified atom stereocenters. The fourth-order valence-corrected chi connectivity index (χ4v) is 2.48. The van der Waals surface area contributed by atoms with Crippen LogP contribution in [0.2, 0.25) is 5.02 Å². The van der Waals surface area contributed by atoms with Crippen LogP contribution in [0.3, 0.4) is 0 Å². The van der Waals surface area contributed by atoms with E-state index in [0.29, 0.717) is 22.1 Å². The molecule has 0 atom stereocenters. The number of rotatable bonds is 2. The van der Waals surface area contributed by atoms with Crippen LogP contribution in [-0.2, 0) is 6.18 Å². The molecule has 0 fully saturated rings. The van der Waals surface area contributed by atoms with E-state index in [1.807, 2.05) is 0 Å². The predicted octanol–water partition coefficient (Wildman–Crippen LogP) is 5.10. The highest BCUT2D eigenvalue weighted by atomic mass is 79.9. The van der Waals surface area contributed by atoms with E-state index in [4.69, 9.17) is 11.6 Å². The van der Waals surface area contributed by atoms with Gasteiger partial charge in [0.2, 0.25) is 0 Å². The zero-order chi connectivity index (χ0) is 14.2. The third-order valence-corrected chi connectivity index (χ3v) is 3.48. The molecule has 0 amide bonds. The second kappa shape index (κ2) is 5.17. The minimum Gasteiger partial charge on any atom is -0.385 e. The van der Waals surface area contributed by atoms with Gasteiger partial charge in [-0.2, -0.15) is 13.2 Å². The highest BCUT2D eigenvalue weighted by Crippen LogP contribution is 2.38. The van der Waals surface area contributed by atoms with Gasteiger partial charge in [-0.15, -0.1) is 0 Å². The number of benzene rings is 1. The van der Waals surface area contributed by atoms with Crippen molar-refractivity contribution < 1.29 is 13.2 Å². The fraction of sp³-hybridized carbons (Fsp3) is 0.250. The first-order valence-electron chi connectivity index (χ1n) is 5.44. The molecule has 1 aromatic carbocycles. The van der Waals surface area contributed by atoms with Crippen LogP contribution in [0.4, 0.5) is 18.9 Å². The summed E-state index contributed by atoms with van der Waals surface area (Å²) in [5.74, 6) is 0. The Kier molecular flexibility index (Phi) is 3.92. The molecule has 0 radical (unpaired) electrons. The lowest BCUT2D eigenvalue weighted by Gasteiger charge is -2.14. The molecule has 0 spiro atoms. The van der Waals surface area contributed by atoms with E-state index < -0.39 is 11.9 Å². The van der Waals surface area contributed by atoms with Gasteiger partial charge in [-0.1, -0.05) is 27.5 Å². The molecule has 0 bridgehead atoms. The fourth-order valence-electron chi connectivity index (χ4n) is 1.74. The van der Waals surface area contributed by atoms with Crippen LogP contribution in [0.1, 0.15) is 12.6 Å². The maximum atomic E-state index is 12.8. The quantitative estimate of drug-likeness (QED) is 0.812. The maximum absolute atomic E-state index is 12.8. The average Bonchev–Trinajstić information content (AvgIpc) is 2.33. The third-order valence-electron chi connectivity index (χ3n) is 2.52. The number of hydrogen-bond donors (Lipinski definition) is 1. The van der Waals surface area contributed by atoms with Crippen LogP contribution in [0.15, 0.2) is 22.7 Å². The summed E-state index contributed by atoms with van der Waals surface area (Å²) in [7, 11) is 0. The predicted molar refractivity (Wildman–Crippen MR) is 73.6 cm³/mol. The first-order chi connectivity index (χ1) is 8.84. The molecule has 2 nitrogen and oxygen atoms in total. The smallest absolute Gasteiger partial charge is 0.385 e. The Morgan fingerprint density at radius 3 is 2.63 bits per heavy atom. The van der Waals surface area contributed by atoms with Crippen LogP contribution in [0.5, 0.6) is 0 Å². The zero-order valence-corrected chi connectivity index (χ0v) is 12.1. The molecule has 2 rings (SSSR count). The van der Waals surface area contributed by atoms with Gasteiger partial charge in [-0.3, -0.25) is 0 Å². The van der Waals surface area contributed by atoms with E-state index >= 15 is 0 Å². The maximum Gasteiger partial charge on any atom is 0.433 e. The Morgan fingerprint density at radius 1 is 1.37 bits per heavy atom. The van der Waals surface area contributed by atoms with E-state index in [1.165, 1.54) is 6.07 Å². The van der Waals surface area contributed by atoms with Gasteiger partial charge >= 0.3 is 6.18 Å². The van der Waals surface area contributed by atoms with Crippen molar-refractivity contribution in [2.24, 2.45) is 0 Å². The number of hydrogen-bond acceptors (Lipinski definition) is 2. The van der Waals surface area contributed by atoms with Crippen molar-refractivity contribution in [1.82, 2.24) is 4.98 Å². The SMILES string of the molecule is CCNc1cc(C(F)(F)F)nc2c(Cl)ccc(Br)c12. The highest BCUT2D eigenvalue weighted by molar-refractivity contribution is 9.10. The van der Waals surface area contributed by atoms with Gasteiger partial charge in [0, 0.05) is 22.1 Å². The Morgan fingerprint density at radius 2 is 2.05 bits per heavy atom. The van der Waals surface area contributed by atoms with Gasteiger partial charge in [0.15, 0.2) is 0 Å². The van der Waals surface area contributed by atoms with Crippen molar-refractivity contribution >= 4 is 44.1 Å². The standard InChI is InChI=1S/C12H9BrClF3N2/c1-2-18-8-5-9(12(15,16)17)19-11-7(14)4-3-6(13)10(8)11/h3-5H,2H2,1H3,(H,18,19). The Balaban J connectivity index is 2.83. The van der Waals surface area contributed by atoms with Crippen LogP contribution < -0.4 is 5.32 Å². The minimum atomic E-state index is -4.51.